The fraction of sp³-hybridized carbons (Fsp3) is 0.167. The van der Waals surface area contributed by atoms with E-state index in [1.54, 1.807) is 0 Å². The average molecular weight is 154 g/mol. The molecule has 0 unspecified atom stereocenters. The molecule has 0 heteroatoms. The van der Waals surface area contributed by atoms with Gasteiger partial charge in [0.25, 0.3) is 0 Å². The molecule has 0 spiro atoms. The van der Waals surface area contributed by atoms with Crippen LogP contribution in [-0.2, 0) is 0 Å². The molecule has 58 valence electrons. The molecule has 0 radical (unpaired) electrons. The molecule has 0 nitrogen and oxygen atoms in total. The van der Waals surface area contributed by atoms with Gasteiger partial charge in [-0.25, -0.2) is 0 Å². The van der Waals surface area contributed by atoms with E-state index >= 15 is 0 Å². The van der Waals surface area contributed by atoms with E-state index in [1.165, 1.54) is 18.4 Å². The molecular formula is C12H10. The molecule has 0 N–H and O–H groups in total. The highest BCUT2D eigenvalue weighted by Crippen LogP contribution is 2.16. The van der Waals surface area contributed by atoms with Crippen molar-refractivity contribution in [2.24, 2.45) is 0 Å². The van der Waals surface area contributed by atoms with Crippen molar-refractivity contribution in [2.45, 2.75) is 12.8 Å². The Bertz CT molecular complexity index is 347. The van der Waals surface area contributed by atoms with Gasteiger partial charge in [0.2, 0.25) is 0 Å². The van der Waals surface area contributed by atoms with E-state index in [1.807, 2.05) is 30.3 Å². The standard InChI is InChI=1S/C12H10/c1-2-5-11(6-3-1)9-10-12-7-4-8-12/h1-3,5-7H,4,8H2. The van der Waals surface area contributed by atoms with Crippen molar-refractivity contribution in [3.63, 3.8) is 0 Å². The van der Waals surface area contributed by atoms with Crippen LogP contribution in [0.15, 0.2) is 42.0 Å². The van der Waals surface area contributed by atoms with Gasteiger partial charge in [0.05, 0.1) is 0 Å². The van der Waals surface area contributed by atoms with Crippen molar-refractivity contribution < 1.29 is 0 Å². The molecule has 0 heterocycles. The summed E-state index contributed by atoms with van der Waals surface area (Å²) in [4.78, 5) is 0. The van der Waals surface area contributed by atoms with Crippen LogP contribution in [-0.4, -0.2) is 0 Å². The van der Waals surface area contributed by atoms with Crippen molar-refractivity contribution in [3.05, 3.63) is 47.5 Å². The summed E-state index contributed by atoms with van der Waals surface area (Å²) in [5.74, 6) is 6.27. The molecule has 0 atom stereocenters. The van der Waals surface area contributed by atoms with Gasteiger partial charge in [-0.15, -0.1) is 0 Å². The van der Waals surface area contributed by atoms with E-state index < -0.39 is 0 Å². The van der Waals surface area contributed by atoms with Gasteiger partial charge < -0.3 is 0 Å². The Hall–Kier alpha value is -1.48. The van der Waals surface area contributed by atoms with Crippen LogP contribution < -0.4 is 0 Å². The monoisotopic (exact) mass is 154 g/mol. The largest absolute Gasteiger partial charge is 0.0726 e. The lowest BCUT2D eigenvalue weighted by molar-refractivity contribution is 0.917. The zero-order valence-electron chi connectivity index (χ0n) is 6.88. The highest BCUT2D eigenvalue weighted by atomic mass is 14.0. The Morgan fingerprint density at radius 1 is 1.00 bits per heavy atom. The number of hydrogen-bond donors (Lipinski definition) is 0. The minimum absolute atomic E-state index is 1.10. The van der Waals surface area contributed by atoms with Gasteiger partial charge in [-0.1, -0.05) is 36.1 Å². The summed E-state index contributed by atoms with van der Waals surface area (Å²) in [5, 5.41) is 0. The zero-order valence-corrected chi connectivity index (χ0v) is 6.88. The van der Waals surface area contributed by atoms with Crippen LogP contribution in [0.5, 0.6) is 0 Å². The quantitative estimate of drug-likeness (QED) is 0.504. The van der Waals surface area contributed by atoms with Gasteiger partial charge in [0, 0.05) is 5.56 Å². The summed E-state index contributed by atoms with van der Waals surface area (Å²) in [6.07, 6.45) is 4.56. The lowest BCUT2D eigenvalue weighted by atomic mass is 9.99. The molecule has 1 aliphatic carbocycles. The predicted molar refractivity (Wildman–Crippen MR) is 50.6 cm³/mol. The smallest absolute Gasteiger partial charge is 0.0248 e. The van der Waals surface area contributed by atoms with E-state index in [9.17, 15) is 0 Å². The van der Waals surface area contributed by atoms with Crippen molar-refractivity contribution in [3.8, 4) is 11.8 Å². The summed E-state index contributed by atoms with van der Waals surface area (Å²) in [6, 6.07) is 10.1. The molecule has 0 saturated carbocycles. The second-order valence-corrected chi connectivity index (χ2v) is 2.88. The van der Waals surface area contributed by atoms with Gasteiger partial charge in [-0.3, -0.25) is 0 Å². The summed E-state index contributed by atoms with van der Waals surface area (Å²) < 4.78 is 0. The third-order valence-electron chi connectivity index (χ3n) is 1.95. The second kappa shape index (κ2) is 3.28. The molecule has 12 heavy (non-hydrogen) atoms. The third-order valence-corrected chi connectivity index (χ3v) is 1.95. The maximum atomic E-state index is 3.15. The third kappa shape index (κ3) is 1.57. The SMILES string of the molecule is C(#Cc1ccccc1)C1=CCC1. The van der Waals surface area contributed by atoms with Gasteiger partial charge in [-0.05, 0) is 30.5 Å². The fourth-order valence-corrected chi connectivity index (χ4v) is 1.08. The average Bonchev–Trinajstić information content (AvgIpc) is 2.04. The molecule has 1 aromatic rings. The van der Waals surface area contributed by atoms with Crippen LogP contribution in [0.2, 0.25) is 0 Å². The minimum atomic E-state index is 1.10. The van der Waals surface area contributed by atoms with Crippen LogP contribution in [0.25, 0.3) is 0 Å². The number of rotatable bonds is 0. The lowest BCUT2D eigenvalue weighted by Gasteiger charge is -2.05. The molecular weight excluding hydrogens is 144 g/mol. The fourth-order valence-electron chi connectivity index (χ4n) is 1.08. The highest BCUT2D eigenvalue weighted by molar-refractivity contribution is 5.42. The minimum Gasteiger partial charge on any atom is -0.0726 e. The van der Waals surface area contributed by atoms with E-state index in [2.05, 4.69) is 17.9 Å². The van der Waals surface area contributed by atoms with E-state index in [0.29, 0.717) is 0 Å². The van der Waals surface area contributed by atoms with Crippen LogP contribution in [0.4, 0.5) is 0 Å². The van der Waals surface area contributed by atoms with Crippen LogP contribution in [0.3, 0.4) is 0 Å². The van der Waals surface area contributed by atoms with Gasteiger partial charge in [-0.2, -0.15) is 0 Å². The molecule has 0 fully saturated rings. The first-order valence-corrected chi connectivity index (χ1v) is 4.21. The molecule has 0 amide bonds. The van der Waals surface area contributed by atoms with Crippen molar-refractivity contribution in [1.82, 2.24) is 0 Å². The molecule has 0 saturated heterocycles. The molecule has 1 aliphatic rings. The Balaban J connectivity index is 2.15. The molecule has 1 aromatic carbocycles. The first-order chi connectivity index (χ1) is 5.95. The topological polar surface area (TPSA) is 0 Å². The number of hydrogen-bond acceptors (Lipinski definition) is 0. The maximum Gasteiger partial charge on any atom is 0.0248 e. The Labute approximate surface area is 72.9 Å². The normalized spacial score (nSPS) is 13.8. The lowest BCUT2D eigenvalue weighted by Crippen LogP contribution is -1.89. The van der Waals surface area contributed by atoms with Crippen LogP contribution in [0.1, 0.15) is 18.4 Å². The van der Waals surface area contributed by atoms with Crippen LogP contribution >= 0.6 is 0 Å². The highest BCUT2D eigenvalue weighted by Gasteiger charge is 1.99. The maximum absolute atomic E-state index is 3.15. The Kier molecular flexibility index (Phi) is 1.96. The van der Waals surface area contributed by atoms with Crippen molar-refractivity contribution in [1.29, 1.82) is 0 Å². The summed E-state index contributed by atoms with van der Waals surface area (Å²) in [6.45, 7) is 0. The van der Waals surface area contributed by atoms with Crippen molar-refractivity contribution in [2.75, 3.05) is 0 Å². The van der Waals surface area contributed by atoms with E-state index in [4.69, 9.17) is 0 Å². The zero-order chi connectivity index (χ0) is 8.23. The molecule has 0 aromatic heterocycles. The number of allylic oxidation sites excluding steroid dienone is 2. The van der Waals surface area contributed by atoms with E-state index in [0.717, 1.165) is 5.56 Å². The number of benzene rings is 1. The summed E-state index contributed by atoms with van der Waals surface area (Å²) in [5.41, 5.74) is 2.39. The Morgan fingerprint density at radius 2 is 1.75 bits per heavy atom. The van der Waals surface area contributed by atoms with Gasteiger partial charge in [0.1, 0.15) is 0 Å². The second-order valence-electron chi connectivity index (χ2n) is 2.88. The van der Waals surface area contributed by atoms with Crippen LogP contribution in [0, 0.1) is 11.8 Å². The van der Waals surface area contributed by atoms with Gasteiger partial charge in [0.15, 0.2) is 0 Å². The first kappa shape index (κ1) is 7.18. The first-order valence-electron chi connectivity index (χ1n) is 4.21. The van der Waals surface area contributed by atoms with E-state index in [-0.39, 0.29) is 0 Å². The predicted octanol–water partition coefficient (Wildman–Crippen LogP) is 2.76. The molecule has 0 bridgehead atoms. The van der Waals surface area contributed by atoms with Gasteiger partial charge >= 0.3 is 0 Å². The summed E-state index contributed by atoms with van der Waals surface area (Å²) in [7, 11) is 0. The Morgan fingerprint density at radius 3 is 2.33 bits per heavy atom. The summed E-state index contributed by atoms with van der Waals surface area (Å²) >= 11 is 0. The molecule has 0 aliphatic heterocycles. The van der Waals surface area contributed by atoms with Crippen molar-refractivity contribution >= 4 is 0 Å². The molecule has 2 rings (SSSR count).